The summed E-state index contributed by atoms with van der Waals surface area (Å²) in [5.41, 5.74) is 0.938. The molecule has 17 heavy (non-hydrogen) atoms. The van der Waals surface area contributed by atoms with Gasteiger partial charge in [0.25, 0.3) is 5.91 Å². The molecular weight excluding hydrogens is 218 g/mol. The van der Waals surface area contributed by atoms with Gasteiger partial charge in [0, 0.05) is 14.0 Å². The van der Waals surface area contributed by atoms with Crippen molar-refractivity contribution < 1.29 is 14.3 Å². The smallest absolute Gasteiger partial charge is 0.303 e. The Morgan fingerprint density at radius 3 is 2.47 bits per heavy atom. The summed E-state index contributed by atoms with van der Waals surface area (Å²) < 4.78 is 4.89. The molecule has 1 N–H and O–H groups in total. The molecule has 1 aromatic carbocycles. The van der Waals surface area contributed by atoms with E-state index in [0.29, 0.717) is 0 Å². The van der Waals surface area contributed by atoms with Crippen LogP contribution in [0.2, 0.25) is 0 Å². The summed E-state index contributed by atoms with van der Waals surface area (Å²) in [7, 11) is 1.50. The predicted molar refractivity (Wildman–Crippen MR) is 65.1 cm³/mol. The lowest BCUT2D eigenvalue weighted by Crippen LogP contribution is -2.33. The van der Waals surface area contributed by atoms with E-state index in [4.69, 9.17) is 4.74 Å². The number of hydrogen-bond donors (Lipinski definition) is 1. The summed E-state index contributed by atoms with van der Waals surface area (Å²) in [6, 6.07) is 9.47. The van der Waals surface area contributed by atoms with Gasteiger partial charge in [-0.25, -0.2) is 0 Å². The lowest BCUT2D eigenvalue weighted by Gasteiger charge is -2.10. The van der Waals surface area contributed by atoms with Crippen LogP contribution in [-0.4, -0.2) is 25.0 Å². The van der Waals surface area contributed by atoms with Gasteiger partial charge in [-0.2, -0.15) is 0 Å². The Hall–Kier alpha value is -2.10. The number of likely N-dealkylation sites (N-methyl/N-ethyl adjacent to an activating group) is 1. The molecule has 1 rings (SSSR count). The van der Waals surface area contributed by atoms with Crippen molar-refractivity contribution >= 4 is 18.0 Å². The molecule has 0 fully saturated rings. The zero-order valence-corrected chi connectivity index (χ0v) is 9.84. The lowest BCUT2D eigenvalue weighted by atomic mass is 10.2. The highest BCUT2D eigenvalue weighted by Crippen LogP contribution is 2.04. The Kier molecular flexibility index (Phi) is 4.94. The summed E-state index contributed by atoms with van der Waals surface area (Å²) in [6.45, 7) is 1.27. The van der Waals surface area contributed by atoms with Crippen LogP contribution in [0, 0.1) is 0 Å². The van der Waals surface area contributed by atoms with E-state index in [2.05, 4.69) is 5.32 Å². The van der Waals surface area contributed by atoms with E-state index >= 15 is 0 Å². The van der Waals surface area contributed by atoms with Crippen molar-refractivity contribution in [3.63, 3.8) is 0 Å². The summed E-state index contributed by atoms with van der Waals surface area (Å²) in [4.78, 5) is 22.3. The number of nitrogens with one attached hydrogen (secondary N) is 1. The standard InChI is InChI=1S/C13H15NO3/c1-10(15)17-12(13(16)14-2)9-8-11-6-4-3-5-7-11/h3-9,12H,1-2H3,(H,14,16)/b9-8+. The monoisotopic (exact) mass is 233 g/mol. The molecule has 1 atom stereocenters. The maximum absolute atomic E-state index is 11.4. The molecule has 1 unspecified atom stereocenters. The summed E-state index contributed by atoms with van der Waals surface area (Å²) in [5.74, 6) is -0.844. The Labute approximate surface area is 100 Å². The van der Waals surface area contributed by atoms with Gasteiger partial charge in [0.1, 0.15) is 0 Å². The van der Waals surface area contributed by atoms with Gasteiger partial charge < -0.3 is 10.1 Å². The molecule has 0 bridgehead atoms. The average molecular weight is 233 g/mol. The Morgan fingerprint density at radius 2 is 1.94 bits per heavy atom. The molecule has 0 radical (unpaired) electrons. The van der Waals surface area contributed by atoms with Gasteiger partial charge in [0.2, 0.25) is 0 Å². The normalized spacial score (nSPS) is 12.1. The van der Waals surface area contributed by atoms with E-state index in [-0.39, 0.29) is 5.91 Å². The van der Waals surface area contributed by atoms with Crippen LogP contribution < -0.4 is 5.32 Å². The first kappa shape index (κ1) is 13.0. The number of esters is 1. The zero-order valence-electron chi connectivity index (χ0n) is 9.84. The maximum atomic E-state index is 11.4. The van der Waals surface area contributed by atoms with E-state index in [0.717, 1.165) is 5.56 Å². The number of carbonyl (C=O) groups excluding carboxylic acids is 2. The minimum absolute atomic E-state index is 0.354. The number of benzene rings is 1. The second-order valence-corrected chi connectivity index (χ2v) is 3.41. The number of ether oxygens (including phenoxy) is 1. The third-order valence-corrected chi connectivity index (χ3v) is 2.06. The molecule has 4 heteroatoms. The molecule has 1 amide bonds. The number of hydrogen-bond acceptors (Lipinski definition) is 3. The van der Waals surface area contributed by atoms with Gasteiger partial charge >= 0.3 is 5.97 Å². The number of amides is 1. The zero-order chi connectivity index (χ0) is 12.7. The third kappa shape index (κ3) is 4.51. The predicted octanol–water partition coefficient (Wildman–Crippen LogP) is 1.38. The minimum Gasteiger partial charge on any atom is -0.448 e. The van der Waals surface area contributed by atoms with Crippen LogP contribution in [0.4, 0.5) is 0 Å². The molecule has 1 aromatic rings. The molecule has 0 aliphatic heterocycles. The fourth-order valence-electron chi connectivity index (χ4n) is 1.26. The van der Waals surface area contributed by atoms with Crippen LogP contribution >= 0.6 is 0 Å². The molecule has 0 spiro atoms. The Bertz CT molecular complexity index is 412. The highest BCUT2D eigenvalue weighted by molar-refractivity contribution is 5.85. The van der Waals surface area contributed by atoms with Crippen molar-refractivity contribution in [1.29, 1.82) is 0 Å². The van der Waals surface area contributed by atoms with Crippen LogP contribution in [0.5, 0.6) is 0 Å². The van der Waals surface area contributed by atoms with Crippen LogP contribution in [0.25, 0.3) is 6.08 Å². The number of rotatable bonds is 4. The molecule has 0 heterocycles. The largest absolute Gasteiger partial charge is 0.448 e. The van der Waals surface area contributed by atoms with E-state index < -0.39 is 12.1 Å². The first-order valence-corrected chi connectivity index (χ1v) is 5.25. The minimum atomic E-state index is -0.891. The highest BCUT2D eigenvalue weighted by atomic mass is 16.5. The van der Waals surface area contributed by atoms with E-state index in [1.54, 1.807) is 12.2 Å². The fourth-order valence-corrected chi connectivity index (χ4v) is 1.26. The number of carbonyl (C=O) groups is 2. The van der Waals surface area contributed by atoms with Gasteiger partial charge in [-0.3, -0.25) is 9.59 Å². The summed E-state index contributed by atoms with van der Waals surface area (Å²) >= 11 is 0. The maximum Gasteiger partial charge on any atom is 0.303 e. The molecule has 0 aromatic heterocycles. The molecule has 4 nitrogen and oxygen atoms in total. The Morgan fingerprint density at radius 1 is 1.29 bits per heavy atom. The molecule has 0 aliphatic rings. The van der Waals surface area contributed by atoms with Gasteiger partial charge in [-0.1, -0.05) is 36.4 Å². The van der Waals surface area contributed by atoms with Gasteiger partial charge in [-0.15, -0.1) is 0 Å². The molecule has 0 saturated carbocycles. The van der Waals surface area contributed by atoms with Gasteiger partial charge in [-0.05, 0) is 11.6 Å². The molecular formula is C13H15NO3. The molecule has 0 aliphatic carbocycles. The highest BCUT2D eigenvalue weighted by Gasteiger charge is 2.16. The first-order chi connectivity index (χ1) is 8.13. The van der Waals surface area contributed by atoms with E-state index in [1.807, 2.05) is 30.3 Å². The van der Waals surface area contributed by atoms with Crippen molar-refractivity contribution in [3.8, 4) is 0 Å². The second kappa shape index (κ2) is 6.48. The lowest BCUT2D eigenvalue weighted by molar-refractivity contribution is -0.150. The quantitative estimate of drug-likeness (QED) is 0.799. The van der Waals surface area contributed by atoms with Crippen LogP contribution in [0.15, 0.2) is 36.4 Å². The van der Waals surface area contributed by atoms with Crippen LogP contribution in [-0.2, 0) is 14.3 Å². The topological polar surface area (TPSA) is 55.4 Å². The van der Waals surface area contributed by atoms with Crippen LogP contribution in [0.3, 0.4) is 0 Å². The Balaban J connectivity index is 2.75. The van der Waals surface area contributed by atoms with Crippen molar-refractivity contribution in [2.24, 2.45) is 0 Å². The first-order valence-electron chi connectivity index (χ1n) is 5.25. The summed E-state index contributed by atoms with van der Waals surface area (Å²) in [6.07, 6.45) is 2.40. The van der Waals surface area contributed by atoms with Crippen molar-refractivity contribution in [1.82, 2.24) is 5.32 Å². The van der Waals surface area contributed by atoms with E-state index in [1.165, 1.54) is 14.0 Å². The van der Waals surface area contributed by atoms with Crippen molar-refractivity contribution in [2.45, 2.75) is 13.0 Å². The van der Waals surface area contributed by atoms with Crippen LogP contribution in [0.1, 0.15) is 12.5 Å². The molecule has 90 valence electrons. The van der Waals surface area contributed by atoms with E-state index in [9.17, 15) is 9.59 Å². The SMILES string of the molecule is CNC(=O)C(/C=C/c1ccccc1)OC(C)=O. The van der Waals surface area contributed by atoms with Crippen molar-refractivity contribution in [2.75, 3.05) is 7.05 Å². The molecule has 0 saturated heterocycles. The fraction of sp³-hybridized carbons (Fsp3) is 0.231. The van der Waals surface area contributed by atoms with Gasteiger partial charge in [0.15, 0.2) is 6.10 Å². The summed E-state index contributed by atoms with van der Waals surface area (Å²) in [5, 5.41) is 2.44. The third-order valence-electron chi connectivity index (χ3n) is 2.06. The van der Waals surface area contributed by atoms with Crippen molar-refractivity contribution in [3.05, 3.63) is 42.0 Å². The average Bonchev–Trinajstić information content (AvgIpc) is 2.34. The second-order valence-electron chi connectivity index (χ2n) is 3.41. The van der Waals surface area contributed by atoms with Gasteiger partial charge in [0.05, 0.1) is 0 Å².